The number of likely N-dealkylation sites (tertiary alicyclic amines) is 2. The third-order valence-corrected chi connectivity index (χ3v) is 5.89. The quantitative estimate of drug-likeness (QED) is 0.868. The molecule has 0 bridgehead atoms. The predicted molar refractivity (Wildman–Crippen MR) is 92.8 cm³/mol. The van der Waals surface area contributed by atoms with Crippen LogP contribution < -0.4 is 5.32 Å². The van der Waals surface area contributed by atoms with Crippen LogP contribution in [0.2, 0.25) is 0 Å². The zero-order valence-corrected chi connectivity index (χ0v) is 15.0. The summed E-state index contributed by atoms with van der Waals surface area (Å²) < 4.78 is 31.7. The van der Waals surface area contributed by atoms with Gasteiger partial charge in [-0.1, -0.05) is 6.07 Å². The second-order valence-electron chi connectivity index (χ2n) is 7.88. The summed E-state index contributed by atoms with van der Waals surface area (Å²) in [6.07, 6.45) is 1.84. The number of halogens is 2. The normalized spacial score (nSPS) is 25.1. The van der Waals surface area contributed by atoms with Gasteiger partial charge in [0.05, 0.1) is 6.54 Å². The number of amides is 2. The summed E-state index contributed by atoms with van der Waals surface area (Å²) in [5.74, 6) is -1.69. The molecule has 3 aliphatic rings. The molecular formula is C19H23F2N3O3. The van der Waals surface area contributed by atoms with Crippen LogP contribution in [0.1, 0.15) is 24.8 Å². The molecule has 2 amide bonds. The molecule has 0 radical (unpaired) electrons. The van der Waals surface area contributed by atoms with Crippen molar-refractivity contribution in [3.8, 4) is 0 Å². The highest BCUT2D eigenvalue weighted by Crippen LogP contribution is 2.41. The van der Waals surface area contributed by atoms with E-state index in [9.17, 15) is 18.4 Å². The molecule has 0 aliphatic carbocycles. The molecule has 3 heterocycles. The number of hydrogen-bond acceptors (Lipinski definition) is 4. The Labute approximate surface area is 156 Å². The number of carbonyl (C=O) groups is 2. The van der Waals surface area contributed by atoms with Gasteiger partial charge in [-0.05, 0) is 49.0 Å². The van der Waals surface area contributed by atoms with E-state index in [1.165, 1.54) is 6.07 Å². The van der Waals surface area contributed by atoms with Gasteiger partial charge in [0, 0.05) is 26.1 Å². The van der Waals surface area contributed by atoms with Crippen LogP contribution in [0.25, 0.3) is 0 Å². The minimum absolute atomic E-state index is 0.0449. The lowest BCUT2D eigenvalue weighted by molar-refractivity contribution is -0.128. The Bertz CT molecular complexity index is 750. The van der Waals surface area contributed by atoms with Gasteiger partial charge < -0.3 is 15.0 Å². The Kier molecular flexibility index (Phi) is 4.75. The number of hydrogen-bond donors (Lipinski definition) is 1. The summed E-state index contributed by atoms with van der Waals surface area (Å²) in [7, 11) is 0. The van der Waals surface area contributed by atoms with Gasteiger partial charge in [-0.15, -0.1) is 0 Å². The third kappa shape index (κ3) is 3.90. The number of alkyl carbamates (subject to hydrolysis) is 1. The Morgan fingerprint density at radius 1 is 1.19 bits per heavy atom. The van der Waals surface area contributed by atoms with Crippen LogP contribution in [0.5, 0.6) is 0 Å². The van der Waals surface area contributed by atoms with Gasteiger partial charge in [0.1, 0.15) is 6.10 Å². The minimum Gasteiger partial charge on any atom is -0.443 e. The topological polar surface area (TPSA) is 61.9 Å². The van der Waals surface area contributed by atoms with E-state index in [0.717, 1.165) is 38.1 Å². The number of benzene rings is 1. The van der Waals surface area contributed by atoms with Gasteiger partial charge in [0.25, 0.3) is 0 Å². The number of piperidine rings is 1. The van der Waals surface area contributed by atoms with Crippen LogP contribution in [0, 0.1) is 17.0 Å². The summed E-state index contributed by atoms with van der Waals surface area (Å²) in [6, 6.07) is 3.79. The first kappa shape index (κ1) is 18.2. The molecule has 1 spiro atoms. The minimum atomic E-state index is -0.885. The zero-order valence-electron chi connectivity index (χ0n) is 15.0. The van der Waals surface area contributed by atoms with Crippen molar-refractivity contribution in [2.45, 2.75) is 31.9 Å². The fourth-order valence-electron chi connectivity index (χ4n) is 4.35. The SMILES string of the molecule is O=C1NCC(CN2CCC3(CC2)CC(=O)N(Cc2ccc(F)c(F)c2)C3)O1. The van der Waals surface area contributed by atoms with Gasteiger partial charge in [-0.3, -0.25) is 9.69 Å². The lowest BCUT2D eigenvalue weighted by Crippen LogP contribution is -2.44. The maximum atomic E-state index is 13.4. The molecule has 1 atom stereocenters. The first-order valence-corrected chi connectivity index (χ1v) is 9.31. The van der Waals surface area contributed by atoms with Crippen LogP contribution >= 0.6 is 0 Å². The molecule has 1 aromatic carbocycles. The van der Waals surface area contributed by atoms with Crippen LogP contribution in [0.4, 0.5) is 13.6 Å². The van der Waals surface area contributed by atoms with Crippen molar-refractivity contribution < 1.29 is 23.1 Å². The average Bonchev–Trinajstić information content (AvgIpc) is 3.17. The smallest absolute Gasteiger partial charge is 0.407 e. The molecular weight excluding hydrogens is 356 g/mol. The summed E-state index contributed by atoms with van der Waals surface area (Å²) >= 11 is 0. The first-order valence-electron chi connectivity index (χ1n) is 9.31. The molecule has 4 rings (SSSR count). The molecule has 27 heavy (non-hydrogen) atoms. The van der Waals surface area contributed by atoms with Crippen molar-refractivity contribution in [2.75, 3.05) is 32.7 Å². The van der Waals surface area contributed by atoms with Crippen LogP contribution in [-0.4, -0.2) is 60.6 Å². The van der Waals surface area contributed by atoms with Gasteiger partial charge in [-0.2, -0.15) is 0 Å². The summed E-state index contributed by atoms with van der Waals surface area (Å²) in [4.78, 5) is 27.6. The Morgan fingerprint density at radius 3 is 2.63 bits per heavy atom. The van der Waals surface area contributed by atoms with Gasteiger partial charge >= 0.3 is 6.09 Å². The number of nitrogens with one attached hydrogen (secondary N) is 1. The third-order valence-electron chi connectivity index (χ3n) is 5.89. The largest absolute Gasteiger partial charge is 0.443 e. The molecule has 3 aliphatic heterocycles. The first-order chi connectivity index (χ1) is 12.9. The molecule has 1 N–H and O–H groups in total. The Balaban J connectivity index is 1.32. The highest BCUT2D eigenvalue weighted by Gasteiger charge is 2.45. The number of rotatable bonds is 4. The van der Waals surface area contributed by atoms with Crippen molar-refractivity contribution in [1.29, 1.82) is 0 Å². The maximum Gasteiger partial charge on any atom is 0.407 e. The standard InChI is InChI=1S/C19H23F2N3O3/c20-15-2-1-13(7-16(15)21)10-24-12-19(8-17(24)25)3-5-23(6-4-19)11-14-9-22-18(26)27-14/h1-2,7,14H,3-6,8-12H2,(H,22,26). The fourth-order valence-corrected chi connectivity index (χ4v) is 4.35. The molecule has 1 unspecified atom stereocenters. The molecule has 146 valence electrons. The van der Waals surface area contributed by atoms with Crippen LogP contribution in [0.3, 0.4) is 0 Å². The molecule has 3 fully saturated rings. The average molecular weight is 379 g/mol. The second-order valence-corrected chi connectivity index (χ2v) is 7.88. The molecule has 3 saturated heterocycles. The van der Waals surface area contributed by atoms with E-state index in [1.54, 1.807) is 4.90 Å². The number of cyclic esters (lactones) is 1. The van der Waals surface area contributed by atoms with Crippen molar-refractivity contribution in [2.24, 2.45) is 5.41 Å². The lowest BCUT2D eigenvalue weighted by Gasteiger charge is -2.39. The van der Waals surface area contributed by atoms with Gasteiger partial charge in [-0.25, -0.2) is 13.6 Å². The van der Waals surface area contributed by atoms with Crippen LogP contribution in [-0.2, 0) is 16.1 Å². The summed E-state index contributed by atoms with van der Waals surface area (Å²) in [5.41, 5.74) is 0.559. The van der Waals surface area contributed by atoms with E-state index in [0.29, 0.717) is 38.2 Å². The van der Waals surface area contributed by atoms with E-state index >= 15 is 0 Å². The number of carbonyl (C=O) groups excluding carboxylic acids is 2. The lowest BCUT2D eigenvalue weighted by atomic mass is 9.77. The molecule has 6 nitrogen and oxygen atoms in total. The van der Waals surface area contributed by atoms with Crippen molar-refractivity contribution in [1.82, 2.24) is 15.1 Å². The van der Waals surface area contributed by atoms with Crippen molar-refractivity contribution >= 4 is 12.0 Å². The van der Waals surface area contributed by atoms with Crippen molar-refractivity contribution in [3.05, 3.63) is 35.4 Å². The molecule has 1 aromatic rings. The second kappa shape index (κ2) is 7.07. The van der Waals surface area contributed by atoms with Gasteiger partial charge in [0.2, 0.25) is 5.91 Å². The summed E-state index contributed by atoms with van der Waals surface area (Å²) in [5, 5.41) is 2.66. The number of nitrogens with zero attached hydrogens (tertiary/aromatic N) is 2. The van der Waals surface area contributed by atoms with E-state index in [-0.39, 0.29) is 23.5 Å². The number of ether oxygens (including phenoxy) is 1. The predicted octanol–water partition coefficient (Wildman–Crippen LogP) is 1.89. The van der Waals surface area contributed by atoms with Crippen LogP contribution in [0.15, 0.2) is 18.2 Å². The molecule has 0 saturated carbocycles. The molecule has 8 heteroatoms. The Hall–Kier alpha value is -2.22. The van der Waals surface area contributed by atoms with E-state index in [4.69, 9.17) is 4.74 Å². The fraction of sp³-hybridized carbons (Fsp3) is 0.579. The van der Waals surface area contributed by atoms with Crippen molar-refractivity contribution in [3.63, 3.8) is 0 Å². The zero-order chi connectivity index (χ0) is 19.0. The van der Waals surface area contributed by atoms with E-state index < -0.39 is 11.6 Å². The highest BCUT2D eigenvalue weighted by molar-refractivity contribution is 5.79. The highest BCUT2D eigenvalue weighted by atomic mass is 19.2. The maximum absolute atomic E-state index is 13.4. The monoisotopic (exact) mass is 379 g/mol. The van der Waals surface area contributed by atoms with Gasteiger partial charge in [0.15, 0.2) is 11.6 Å². The molecule has 0 aromatic heterocycles. The Morgan fingerprint density at radius 2 is 1.96 bits per heavy atom. The van der Waals surface area contributed by atoms with E-state index in [1.807, 2.05) is 0 Å². The van der Waals surface area contributed by atoms with E-state index in [2.05, 4.69) is 10.2 Å². The summed E-state index contributed by atoms with van der Waals surface area (Å²) in [6.45, 7) is 3.94.